The predicted octanol–water partition coefficient (Wildman–Crippen LogP) is 5.78. The minimum Gasteiger partial charge on any atom is -0.387 e. The van der Waals surface area contributed by atoms with Crippen LogP contribution in [0, 0.1) is 20.8 Å². The monoisotopic (exact) mass is 333 g/mol. The summed E-state index contributed by atoms with van der Waals surface area (Å²) in [5, 5.41) is 5.71. The van der Waals surface area contributed by atoms with Crippen LogP contribution in [0.4, 0.5) is 0 Å². The van der Waals surface area contributed by atoms with Crippen LogP contribution in [0.15, 0.2) is 35.5 Å². The first kappa shape index (κ1) is 15.4. The van der Waals surface area contributed by atoms with Gasteiger partial charge < -0.3 is 4.84 Å². The van der Waals surface area contributed by atoms with E-state index in [1.54, 1.807) is 0 Å². The maximum atomic E-state index is 6.41. The van der Waals surface area contributed by atoms with E-state index in [1.165, 1.54) is 0 Å². The Morgan fingerprint density at radius 2 is 1.55 bits per heavy atom. The lowest BCUT2D eigenvalue weighted by Gasteiger charge is -2.15. The van der Waals surface area contributed by atoms with Crippen molar-refractivity contribution in [3.63, 3.8) is 0 Å². The van der Waals surface area contributed by atoms with Gasteiger partial charge in [-0.25, -0.2) is 0 Å². The van der Waals surface area contributed by atoms with Gasteiger partial charge in [0.1, 0.15) is 0 Å². The summed E-state index contributed by atoms with van der Waals surface area (Å²) in [7, 11) is 0. The first-order valence-electron chi connectivity index (χ1n) is 7.23. The summed E-state index contributed by atoms with van der Waals surface area (Å²) < 4.78 is 0. The third kappa shape index (κ3) is 2.51. The van der Waals surface area contributed by atoms with Crippen molar-refractivity contribution in [1.82, 2.24) is 0 Å². The van der Waals surface area contributed by atoms with Crippen LogP contribution >= 0.6 is 23.2 Å². The molecule has 0 N–H and O–H groups in total. The summed E-state index contributed by atoms with van der Waals surface area (Å²) >= 11 is 12.8. The van der Waals surface area contributed by atoms with E-state index in [9.17, 15) is 0 Å². The van der Waals surface area contributed by atoms with E-state index in [1.807, 2.05) is 39.0 Å². The smallest absolute Gasteiger partial charge is 0.158 e. The predicted molar refractivity (Wildman–Crippen MR) is 92.1 cm³/mol. The quantitative estimate of drug-likeness (QED) is 0.682. The Morgan fingerprint density at radius 1 is 0.955 bits per heavy atom. The Balaban J connectivity index is 1.97. The molecular weight excluding hydrogens is 317 g/mol. The molecule has 0 radical (unpaired) electrons. The molecule has 1 unspecified atom stereocenters. The molecule has 0 aliphatic carbocycles. The highest BCUT2D eigenvalue weighted by Crippen LogP contribution is 2.38. The highest BCUT2D eigenvalue weighted by molar-refractivity contribution is 6.37. The van der Waals surface area contributed by atoms with Crippen LogP contribution < -0.4 is 0 Å². The van der Waals surface area contributed by atoms with E-state index in [0.717, 1.165) is 39.9 Å². The van der Waals surface area contributed by atoms with Gasteiger partial charge in [0.2, 0.25) is 0 Å². The molecule has 0 bridgehead atoms. The fraction of sp³-hybridized carbons (Fsp3) is 0.278. The van der Waals surface area contributed by atoms with Crippen molar-refractivity contribution in [2.24, 2.45) is 5.16 Å². The van der Waals surface area contributed by atoms with Crippen LogP contribution in [0.2, 0.25) is 10.0 Å². The molecule has 1 aliphatic rings. The minimum absolute atomic E-state index is 0.0474. The van der Waals surface area contributed by atoms with Crippen LogP contribution in [0.25, 0.3) is 0 Å². The third-order valence-corrected chi connectivity index (χ3v) is 5.33. The molecule has 1 heterocycles. The van der Waals surface area contributed by atoms with E-state index in [2.05, 4.69) is 17.3 Å². The Hall–Kier alpha value is -1.51. The molecule has 0 saturated carbocycles. The number of rotatable bonds is 2. The molecular formula is C18H17Cl2NO. The molecule has 22 heavy (non-hydrogen) atoms. The van der Waals surface area contributed by atoms with Crippen LogP contribution in [0.3, 0.4) is 0 Å². The average Bonchev–Trinajstić information content (AvgIpc) is 3.02. The van der Waals surface area contributed by atoms with E-state index in [0.29, 0.717) is 10.0 Å². The zero-order valence-corrected chi connectivity index (χ0v) is 14.3. The van der Waals surface area contributed by atoms with Gasteiger partial charge in [0.05, 0.1) is 5.71 Å². The third-order valence-electron chi connectivity index (χ3n) is 4.20. The van der Waals surface area contributed by atoms with Crippen LogP contribution in [-0.2, 0) is 4.84 Å². The summed E-state index contributed by atoms with van der Waals surface area (Å²) in [5.41, 5.74) is 5.99. The highest BCUT2D eigenvalue weighted by atomic mass is 35.5. The summed E-state index contributed by atoms with van der Waals surface area (Å²) in [6.07, 6.45) is 0.676. The van der Waals surface area contributed by atoms with Crippen LogP contribution in [-0.4, -0.2) is 5.71 Å². The first-order chi connectivity index (χ1) is 10.5. The van der Waals surface area contributed by atoms with Crippen LogP contribution in [0.1, 0.15) is 40.3 Å². The van der Waals surface area contributed by atoms with Crippen molar-refractivity contribution < 1.29 is 4.84 Å². The minimum atomic E-state index is -0.0474. The second-order valence-corrected chi connectivity index (χ2v) is 6.38. The van der Waals surface area contributed by atoms with Gasteiger partial charge in [-0.1, -0.05) is 58.7 Å². The fourth-order valence-corrected chi connectivity index (χ4v) is 3.39. The Labute approximate surface area is 140 Å². The Kier molecular flexibility index (Phi) is 4.16. The first-order valence-corrected chi connectivity index (χ1v) is 7.99. The zero-order valence-electron chi connectivity index (χ0n) is 12.8. The normalized spacial score (nSPS) is 17.3. The van der Waals surface area contributed by atoms with Crippen molar-refractivity contribution in [3.8, 4) is 0 Å². The zero-order chi connectivity index (χ0) is 15.9. The second-order valence-electron chi connectivity index (χ2n) is 5.62. The van der Waals surface area contributed by atoms with Crippen molar-refractivity contribution in [2.75, 3.05) is 0 Å². The van der Waals surface area contributed by atoms with Gasteiger partial charge in [-0.2, -0.15) is 0 Å². The molecule has 2 nitrogen and oxygen atoms in total. The lowest BCUT2D eigenvalue weighted by Crippen LogP contribution is -2.07. The lowest BCUT2D eigenvalue weighted by molar-refractivity contribution is 0.0857. The fourth-order valence-electron chi connectivity index (χ4n) is 2.96. The molecule has 114 valence electrons. The molecule has 0 aromatic heterocycles. The standard InChI is InChI=1S/C18H17Cl2NO/c1-10-16(11(2)18(20)12(3)17(10)19)14-9-15(22-21-14)13-7-5-4-6-8-13/h4-8,15H,9H2,1-3H3. The van der Waals surface area contributed by atoms with Crippen molar-refractivity contribution in [2.45, 2.75) is 33.3 Å². The number of nitrogens with zero attached hydrogens (tertiary/aromatic N) is 1. The topological polar surface area (TPSA) is 21.6 Å². The van der Waals surface area contributed by atoms with Gasteiger partial charge in [0.25, 0.3) is 0 Å². The van der Waals surface area contributed by atoms with Gasteiger partial charge in [0, 0.05) is 22.0 Å². The molecule has 1 atom stereocenters. The van der Waals surface area contributed by atoms with Crippen molar-refractivity contribution in [1.29, 1.82) is 0 Å². The molecule has 1 aliphatic heterocycles. The summed E-state index contributed by atoms with van der Waals surface area (Å²) in [5.74, 6) is 0. The molecule has 4 heteroatoms. The Bertz CT molecular complexity index is 724. The number of benzene rings is 2. The van der Waals surface area contributed by atoms with Crippen molar-refractivity contribution in [3.05, 3.63) is 68.2 Å². The maximum absolute atomic E-state index is 6.41. The summed E-state index contributed by atoms with van der Waals surface area (Å²) in [6.45, 7) is 5.95. The second kappa shape index (κ2) is 5.94. The molecule has 0 amide bonds. The largest absolute Gasteiger partial charge is 0.387 e. The van der Waals surface area contributed by atoms with Gasteiger partial charge >= 0.3 is 0 Å². The van der Waals surface area contributed by atoms with Gasteiger partial charge in [-0.3, -0.25) is 0 Å². The van der Waals surface area contributed by atoms with Gasteiger partial charge in [-0.15, -0.1) is 0 Å². The number of halogens is 2. The van der Waals surface area contributed by atoms with E-state index >= 15 is 0 Å². The highest BCUT2D eigenvalue weighted by Gasteiger charge is 2.27. The summed E-state index contributed by atoms with van der Waals surface area (Å²) in [6, 6.07) is 10.1. The van der Waals surface area contributed by atoms with Gasteiger partial charge in [-0.05, 0) is 43.0 Å². The number of oxime groups is 1. The van der Waals surface area contributed by atoms with E-state index < -0.39 is 0 Å². The van der Waals surface area contributed by atoms with Crippen molar-refractivity contribution >= 4 is 28.9 Å². The molecule has 2 aromatic carbocycles. The number of hydrogen-bond donors (Lipinski definition) is 0. The maximum Gasteiger partial charge on any atom is 0.158 e. The molecule has 2 aromatic rings. The SMILES string of the molecule is Cc1c(Cl)c(C)c(C2=NOC(c3ccccc3)C2)c(C)c1Cl. The lowest BCUT2D eigenvalue weighted by atomic mass is 9.92. The average molecular weight is 334 g/mol. The van der Waals surface area contributed by atoms with E-state index in [-0.39, 0.29) is 6.10 Å². The molecule has 0 fully saturated rings. The van der Waals surface area contributed by atoms with E-state index in [4.69, 9.17) is 28.0 Å². The molecule has 0 spiro atoms. The van der Waals surface area contributed by atoms with Crippen LogP contribution in [0.5, 0.6) is 0 Å². The summed E-state index contributed by atoms with van der Waals surface area (Å²) in [4.78, 5) is 5.63. The molecule has 0 saturated heterocycles. The van der Waals surface area contributed by atoms with Gasteiger partial charge in [0.15, 0.2) is 6.10 Å². The number of hydrogen-bond acceptors (Lipinski definition) is 2. The molecule has 3 rings (SSSR count). The Morgan fingerprint density at radius 3 is 2.14 bits per heavy atom.